The number of nitrogens with zero attached hydrogens (tertiary/aromatic N) is 3. The van der Waals surface area contributed by atoms with Crippen molar-refractivity contribution in [3.63, 3.8) is 0 Å². The number of rotatable bonds is 6. The van der Waals surface area contributed by atoms with Gasteiger partial charge >= 0.3 is 17.1 Å². The van der Waals surface area contributed by atoms with Crippen LogP contribution in [0.1, 0.15) is 101 Å². The average molecular weight is 398 g/mol. The highest BCUT2D eigenvalue weighted by atomic mass is 16.2. The van der Waals surface area contributed by atoms with Crippen molar-refractivity contribution in [1.82, 2.24) is 13.7 Å². The minimum Gasteiger partial charge on any atom is -0.247 e. The van der Waals surface area contributed by atoms with Crippen molar-refractivity contribution in [2.45, 2.75) is 101 Å². The summed E-state index contributed by atoms with van der Waals surface area (Å²) in [7, 11) is 0. The molecule has 0 amide bonds. The van der Waals surface area contributed by atoms with E-state index >= 15 is 0 Å². The van der Waals surface area contributed by atoms with Gasteiger partial charge in [0.2, 0.25) is 0 Å². The van der Waals surface area contributed by atoms with Crippen LogP contribution in [0.2, 0.25) is 0 Å². The molecule has 0 aliphatic rings. The van der Waals surface area contributed by atoms with Crippen LogP contribution >= 0.6 is 0 Å². The Bertz CT molecular complexity index is 643. The molecule has 6 nitrogen and oxygen atoms in total. The Morgan fingerprint density at radius 3 is 0.679 bits per heavy atom. The minimum absolute atomic E-state index is 0.277. The summed E-state index contributed by atoms with van der Waals surface area (Å²) < 4.78 is 3.38. The summed E-state index contributed by atoms with van der Waals surface area (Å²) in [5.41, 5.74) is -1.61. The van der Waals surface area contributed by atoms with Gasteiger partial charge in [-0.3, -0.25) is 0 Å². The Balaban J connectivity index is 0.000000621. The SMILES string of the molecule is CC(C)C(C(C)C)C(C)C.CC(C)n1c(=O)n(C(C)C)c(=O)n(C(C)C)c1=O. The molecule has 0 N–H and O–H groups in total. The van der Waals surface area contributed by atoms with E-state index in [1.165, 1.54) is 0 Å². The molecule has 0 bridgehead atoms. The molecule has 6 heteroatoms. The highest BCUT2D eigenvalue weighted by Crippen LogP contribution is 2.27. The van der Waals surface area contributed by atoms with Crippen molar-refractivity contribution in [2.24, 2.45) is 23.7 Å². The molecule has 164 valence electrons. The summed E-state index contributed by atoms with van der Waals surface area (Å²) in [6, 6.07) is -0.832. The molecule has 0 spiro atoms. The third-order valence-electron chi connectivity index (χ3n) is 5.10. The maximum atomic E-state index is 12.2. The van der Waals surface area contributed by atoms with Gasteiger partial charge in [0, 0.05) is 18.1 Å². The zero-order valence-corrected chi connectivity index (χ0v) is 20.1. The smallest absolute Gasteiger partial charge is 0.247 e. The molecule has 0 aliphatic carbocycles. The minimum atomic E-state index is -0.535. The lowest BCUT2D eigenvalue weighted by Gasteiger charge is -2.28. The normalized spacial score (nSPS) is 12.1. The molecular formula is C22H43N3O3. The Morgan fingerprint density at radius 1 is 0.429 bits per heavy atom. The lowest BCUT2D eigenvalue weighted by molar-refractivity contribution is 0.212. The van der Waals surface area contributed by atoms with E-state index in [-0.39, 0.29) is 18.1 Å². The quantitative estimate of drug-likeness (QED) is 0.710. The molecule has 0 saturated heterocycles. The van der Waals surface area contributed by atoms with Gasteiger partial charge in [-0.2, -0.15) is 0 Å². The van der Waals surface area contributed by atoms with E-state index in [2.05, 4.69) is 41.5 Å². The third kappa shape index (κ3) is 6.21. The largest absolute Gasteiger partial charge is 0.336 e. The number of aromatic nitrogens is 3. The lowest BCUT2D eigenvalue weighted by Crippen LogP contribution is -2.55. The highest BCUT2D eigenvalue weighted by Gasteiger charge is 2.21. The van der Waals surface area contributed by atoms with Crippen LogP contribution in [0.15, 0.2) is 14.4 Å². The lowest BCUT2D eigenvalue weighted by atomic mass is 9.78. The predicted octanol–water partition coefficient (Wildman–Crippen LogP) is 4.49. The second-order valence-corrected chi connectivity index (χ2v) is 9.55. The first-order valence-corrected chi connectivity index (χ1v) is 10.7. The van der Waals surface area contributed by atoms with Crippen LogP contribution in [0.25, 0.3) is 0 Å². The first kappa shape index (κ1) is 26.4. The van der Waals surface area contributed by atoms with Gasteiger partial charge in [0.15, 0.2) is 0 Å². The Kier molecular flexibility index (Phi) is 10.2. The fourth-order valence-electron chi connectivity index (χ4n) is 4.23. The Labute approximate surface area is 170 Å². The van der Waals surface area contributed by atoms with Gasteiger partial charge < -0.3 is 0 Å². The van der Waals surface area contributed by atoms with Gasteiger partial charge in [-0.05, 0) is 65.2 Å². The van der Waals surface area contributed by atoms with E-state index in [1.54, 1.807) is 41.5 Å². The topological polar surface area (TPSA) is 66.0 Å². The first-order chi connectivity index (χ1) is 12.7. The molecule has 28 heavy (non-hydrogen) atoms. The molecule has 0 radical (unpaired) electrons. The second kappa shape index (κ2) is 10.8. The molecule has 0 atom stereocenters. The summed E-state index contributed by atoms with van der Waals surface area (Å²) in [4.78, 5) is 36.5. The molecular weight excluding hydrogens is 354 g/mol. The zero-order chi connectivity index (χ0) is 22.5. The van der Waals surface area contributed by atoms with E-state index in [4.69, 9.17) is 0 Å². The van der Waals surface area contributed by atoms with Crippen molar-refractivity contribution >= 4 is 0 Å². The molecule has 0 unspecified atom stereocenters. The van der Waals surface area contributed by atoms with E-state index in [0.29, 0.717) is 0 Å². The molecule has 1 heterocycles. The monoisotopic (exact) mass is 397 g/mol. The van der Waals surface area contributed by atoms with Gasteiger partial charge in [-0.15, -0.1) is 0 Å². The second-order valence-electron chi connectivity index (χ2n) is 9.55. The van der Waals surface area contributed by atoms with Crippen molar-refractivity contribution < 1.29 is 0 Å². The Morgan fingerprint density at radius 2 is 0.607 bits per heavy atom. The van der Waals surface area contributed by atoms with Gasteiger partial charge in [0.25, 0.3) is 0 Å². The Hall–Kier alpha value is -1.59. The number of hydrogen-bond donors (Lipinski definition) is 0. The van der Waals surface area contributed by atoms with Gasteiger partial charge in [0.05, 0.1) is 0 Å². The summed E-state index contributed by atoms with van der Waals surface area (Å²) in [6.07, 6.45) is 0. The van der Waals surface area contributed by atoms with Crippen LogP contribution in [0.4, 0.5) is 0 Å². The van der Waals surface area contributed by atoms with Crippen LogP contribution in [-0.4, -0.2) is 13.7 Å². The fourth-order valence-corrected chi connectivity index (χ4v) is 4.23. The van der Waals surface area contributed by atoms with Crippen molar-refractivity contribution in [3.05, 3.63) is 31.5 Å². The maximum Gasteiger partial charge on any atom is 0.336 e. The maximum absolute atomic E-state index is 12.2. The summed E-state index contributed by atoms with van der Waals surface area (Å²) >= 11 is 0. The molecule has 1 rings (SSSR count). The first-order valence-electron chi connectivity index (χ1n) is 10.7. The molecule has 1 aromatic rings. The van der Waals surface area contributed by atoms with Crippen molar-refractivity contribution in [3.8, 4) is 0 Å². The van der Waals surface area contributed by atoms with E-state index in [9.17, 15) is 14.4 Å². The van der Waals surface area contributed by atoms with Gasteiger partial charge in [-0.25, -0.2) is 28.1 Å². The molecule has 0 aromatic carbocycles. The zero-order valence-electron chi connectivity index (χ0n) is 20.1. The molecule has 0 fully saturated rings. The van der Waals surface area contributed by atoms with E-state index in [1.807, 2.05) is 0 Å². The predicted molar refractivity (Wildman–Crippen MR) is 118 cm³/mol. The van der Waals surface area contributed by atoms with Crippen molar-refractivity contribution in [2.75, 3.05) is 0 Å². The molecule has 0 aliphatic heterocycles. The molecule has 1 aromatic heterocycles. The van der Waals surface area contributed by atoms with Crippen LogP contribution < -0.4 is 17.1 Å². The summed E-state index contributed by atoms with van der Waals surface area (Å²) in [6.45, 7) is 24.5. The summed E-state index contributed by atoms with van der Waals surface area (Å²) in [5, 5.41) is 0. The van der Waals surface area contributed by atoms with Crippen molar-refractivity contribution in [1.29, 1.82) is 0 Å². The summed E-state index contributed by atoms with van der Waals surface area (Å²) in [5.74, 6) is 3.39. The van der Waals surface area contributed by atoms with Gasteiger partial charge in [0.1, 0.15) is 0 Å². The standard InChI is InChI=1S/C12H21N3O3.C10H22/c1-7(2)13-10(16)14(8(3)4)12(18)15(9(5)6)11(13)17;1-7(2)10(8(3)4)9(5)6/h7-9H,1-6H3;7-10H,1-6H3. The van der Waals surface area contributed by atoms with Gasteiger partial charge in [-0.1, -0.05) is 41.5 Å². The van der Waals surface area contributed by atoms with E-state index < -0.39 is 17.1 Å². The fraction of sp³-hybridized carbons (Fsp3) is 0.864. The van der Waals surface area contributed by atoms with Crippen LogP contribution in [0, 0.1) is 23.7 Å². The van der Waals surface area contributed by atoms with Crippen LogP contribution in [0.3, 0.4) is 0 Å². The third-order valence-corrected chi connectivity index (χ3v) is 5.10. The number of hydrogen-bond acceptors (Lipinski definition) is 3. The molecule has 0 saturated carbocycles. The van der Waals surface area contributed by atoms with Crippen LogP contribution in [-0.2, 0) is 0 Å². The van der Waals surface area contributed by atoms with Crippen LogP contribution in [0.5, 0.6) is 0 Å². The van der Waals surface area contributed by atoms with E-state index in [0.717, 1.165) is 37.4 Å². The average Bonchev–Trinajstić information content (AvgIpc) is 2.44. The highest BCUT2D eigenvalue weighted by molar-refractivity contribution is 4.84.